The van der Waals surface area contributed by atoms with Gasteiger partial charge >= 0.3 is 5.97 Å². The van der Waals surface area contributed by atoms with Crippen molar-refractivity contribution in [2.45, 2.75) is 6.42 Å². The van der Waals surface area contributed by atoms with Gasteiger partial charge in [0.1, 0.15) is 5.75 Å². The second-order valence-corrected chi connectivity index (χ2v) is 4.38. The fraction of sp³-hybridized carbons (Fsp3) is 0.417. The largest absolute Gasteiger partial charge is 0.480 e. The average molecular weight is 255 g/mol. The van der Waals surface area contributed by atoms with Crippen molar-refractivity contribution >= 4 is 23.4 Å². The van der Waals surface area contributed by atoms with Gasteiger partial charge in [-0.2, -0.15) is 11.8 Å². The summed E-state index contributed by atoms with van der Waals surface area (Å²) in [6, 6.07) is 7.05. The fourth-order valence-corrected chi connectivity index (χ4v) is 1.59. The first-order valence-electron chi connectivity index (χ1n) is 5.36. The molecule has 0 unspecified atom stereocenters. The Hall–Kier alpha value is -1.36. The predicted molar refractivity (Wildman–Crippen MR) is 70.3 cm³/mol. The number of rotatable bonds is 7. The number of ether oxygens (including phenoxy) is 2. The van der Waals surface area contributed by atoms with Crippen LogP contribution in [0.25, 0.3) is 0 Å². The second-order valence-electron chi connectivity index (χ2n) is 3.39. The molecule has 94 valence electrons. The van der Waals surface area contributed by atoms with E-state index in [1.54, 1.807) is 30.0 Å². The zero-order valence-electron chi connectivity index (χ0n) is 9.85. The lowest BCUT2D eigenvalue weighted by molar-refractivity contribution is -0.145. The van der Waals surface area contributed by atoms with Gasteiger partial charge in [0.25, 0.3) is 0 Å². The van der Waals surface area contributed by atoms with Crippen molar-refractivity contribution in [3.8, 4) is 5.75 Å². The minimum Gasteiger partial charge on any atom is -0.480 e. The number of hydrogen-bond acceptors (Lipinski definition) is 5. The van der Waals surface area contributed by atoms with Gasteiger partial charge in [-0.1, -0.05) is 12.1 Å². The average Bonchev–Trinajstić information content (AvgIpc) is 2.34. The molecule has 0 radical (unpaired) electrons. The summed E-state index contributed by atoms with van der Waals surface area (Å²) >= 11 is 1.73. The number of thioether (sulfide) groups is 1. The molecule has 0 aromatic heterocycles. The van der Waals surface area contributed by atoms with Crippen LogP contribution in [0, 0.1) is 0 Å². The molecule has 0 spiro atoms. The highest BCUT2D eigenvalue weighted by Crippen LogP contribution is 2.19. The van der Waals surface area contributed by atoms with Gasteiger partial charge < -0.3 is 15.2 Å². The topological polar surface area (TPSA) is 61.5 Å². The molecule has 0 atom stereocenters. The highest BCUT2D eigenvalue weighted by Gasteiger charge is 2.05. The Balaban J connectivity index is 2.22. The van der Waals surface area contributed by atoms with Gasteiger partial charge in [0.05, 0.1) is 12.3 Å². The molecule has 1 aromatic rings. The lowest BCUT2D eigenvalue weighted by Gasteiger charge is -2.08. The van der Waals surface area contributed by atoms with Crippen molar-refractivity contribution in [3.63, 3.8) is 0 Å². The van der Waals surface area contributed by atoms with Crippen molar-refractivity contribution in [3.05, 3.63) is 24.3 Å². The van der Waals surface area contributed by atoms with E-state index in [0.717, 1.165) is 12.2 Å². The van der Waals surface area contributed by atoms with Gasteiger partial charge in [0.2, 0.25) is 0 Å². The van der Waals surface area contributed by atoms with Crippen LogP contribution in [0.5, 0.6) is 5.75 Å². The summed E-state index contributed by atoms with van der Waals surface area (Å²) in [7, 11) is 0. The zero-order chi connectivity index (χ0) is 12.5. The predicted octanol–water partition coefficient (Wildman–Crippen LogP) is 1.94. The first-order chi connectivity index (χ1) is 8.24. The Labute approximate surface area is 105 Å². The molecule has 0 aliphatic heterocycles. The van der Waals surface area contributed by atoms with Crippen LogP contribution in [0.3, 0.4) is 0 Å². The Bertz CT molecular complexity index is 357. The Morgan fingerprint density at radius 2 is 2.18 bits per heavy atom. The van der Waals surface area contributed by atoms with Crippen molar-refractivity contribution in [2.75, 3.05) is 31.0 Å². The molecular formula is C12H17NO3S. The number of esters is 1. The molecule has 0 fully saturated rings. The molecule has 1 rings (SSSR count). The Kier molecular flexibility index (Phi) is 6.32. The zero-order valence-corrected chi connectivity index (χ0v) is 10.7. The van der Waals surface area contributed by atoms with Gasteiger partial charge in [-0.15, -0.1) is 0 Å². The van der Waals surface area contributed by atoms with E-state index in [1.807, 2.05) is 12.3 Å². The number of hydrogen-bond donors (Lipinski definition) is 1. The number of nitrogen functional groups attached to an aromatic ring is 1. The monoisotopic (exact) mass is 255 g/mol. The van der Waals surface area contributed by atoms with E-state index < -0.39 is 0 Å². The molecule has 17 heavy (non-hydrogen) atoms. The number of benzene rings is 1. The summed E-state index contributed by atoms with van der Waals surface area (Å²) in [5.74, 6) is 1.13. The summed E-state index contributed by atoms with van der Waals surface area (Å²) in [4.78, 5) is 11.3. The SMILES string of the molecule is CSCCCOC(=O)COc1ccccc1N. The van der Waals surface area contributed by atoms with Gasteiger partial charge in [0.15, 0.2) is 6.61 Å². The maximum Gasteiger partial charge on any atom is 0.344 e. The number of anilines is 1. The van der Waals surface area contributed by atoms with Gasteiger partial charge in [0, 0.05) is 0 Å². The third-order valence-electron chi connectivity index (χ3n) is 2.02. The normalized spacial score (nSPS) is 9.94. The van der Waals surface area contributed by atoms with E-state index in [4.69, 9.17) is 15.2 Å². The van der Waals surface area contributed by atoms with E-state index in [0.29, 0.717) is 18.0 Å². The molecule has 0 saturated heterocycles. The lowest BCUT2D eigenvalue weighted by Crippen LogP contribution is -2.16. The standard InChI is InChI=1S/C12H17NO3S/c1-17-8-4-7-15-12(14)9-16-11-6-3-2-5-10(11)13/h2-3,5-6H,4,7-9,13H2,1H3. The Morgan fingerprint density at radius 3 is 2.88 bits per heavy atom. The third-order valence-corrected chi connectivity index (χ3v) is 2.72. The summed E-state index contributed by atoms with van der Waals surface area (Å²) in [5.41, 5.74) is 6.18. The molecule has 0 saturated carbocycles. The van der Waals surface area contributed by atoms with E-state index in [1.165, 1.54) is 0 Å². The molecule has 5 heteroatoms. The molecular weight excluding hydrogens is 238 g/mol. The summed E-state index contributed by atoms with van der Waals surface area (Å²) in [6.45, 7) is 0.334. The van der Waals surface area contributed by atoms with Crippen molar-refractivity contribution in [1.29, 1.82) is 0 Å². The maximum absolute atomic E-state index is 11.3. The van der Waals surface area contributed by atoms with Crippen molar-refractivity contribution in [2.24, 2.45) is 0 Å². The number of carbonyl (C=O) groups excluding carboxylic acids is 1. The summed E-state index contributed by atoms with van der Waals surface area (Å²) in [6.07, 6.45) is 2.88. The first kappa shape index (κ1) is 13.7. The van der Waals surface area contributed by atoms with Crippen LogP contribution >= 0.6 is 11.8 Å². The van der Waals surface area contributed by atoms with Crippen LogP contribution in [0.2, 0.25) is 0 Å². The maximum atomic E-state index is 11.3. The first-order valence-corrected chi connectivity index (χ1v) is 6.75. The number of para-hydroxylation sites is 2. The van der Waals surface area contributed by atoms with Crippen LogP contribution in [0.15, 0.2) is 24.3 Å². The highest BCUT2D eigenvalue weighted by molar-refractivity contribution is 7.98. The summed E-state index contributed by atoms with van der Waals surface area (Å²) < 4.78 is 10.2. The van der Waals surface area contributed by atoms with Crippen LogP contribution in [0.1, 0.15) is 6.42 Å². The third kappa shape index (κ3) is 5.49. The minimum absolute atomic E-state index is 0.104. The molecule has 0 aliphatic rings. The van der Waals surface area contributed by atoms with E-state index >= 15 is 0 Å². The molecule has 1 aromatic carbocycles. The quantitative estimate of drug-likeness (QED) is 0.458. The van der Waals surface area contributed by atoms with Crippen molar-refractivity contribution < 1.29 is 14.3 Å². The van der Waals surface area contributed by atoms with Crippen LogP contribution in [-0.2, 0) is 9.53 Å². The number of carbonyl (C=O) groups is 1. The molecule has 4 nitrogen and oxygen atoms in total. The highest BCUT2D eigenvalue weighted by atomic mass is 32.2. The Morgan fingerprint density at radius 1 is 1.41 bits per heavy atom. The molecule has 0 heterocycles. The smallest absolute Gasteiger partial charge is 0.344 e. The summed E-state index contributed by atoms with van der Waals surface area (Å²) in [5, 5.41) is 0. The fourth-order valence-electron chi connectivity index (χ4n) is 1.18. The lowest BCUT2D eigenvalue weighted by atomic mass is 10.3. The van der Waals surface area contributed by atoms with Gasteiger partial charge in [-0.3, -0.25) is 0 Å². The molecule has 0 amide bonds. The van der Waals surface area contributed by atoms with E-state index in [9.17, 15) is 4.79 Å². The number of nitrogens with two attached hydrogens (primary N) is 1. The molecule has 0 bridgehead atoms. The minimum atomic E-state index is -0.366. The molecule has 2 N–H and O–H groups in total. The van der Waals surface area contributed by atoms with Gasteiger partial charge in [-0.05, 0) is 30.6 Å². The van der Waals surface area contributed by atoms with E-state index in [-0.39, 0.29) is 12.6 Å². The van der Waals surface area contributed by atoms with Gasteiger partial charge in [-0.25, -0.2) is 4.79 Å². The van der Waals surface area contributed by atoms with Crippen LogP contribution in [-0.4, -0.2) is 31.2 Å². The van der Waals surface area contributed by atoms with Crippen molar-refractivity contribution in [1.82, 2.24) is 0 Å². The van der Waals surface area contributed by atoms with Crippen LogP contribution < -0.4 is 10.5 Å². The van der Waals surface area contributed by atoms with Crippen LogP contribution in [0.4, 0.5) is 5.69 Å². The van der Waals surface area contributed by atoms with E-state index in [2.05, 4.69) is 0 Å². The molecule has 0 aliphatic carbocycles. The second kappa shape index (κ2) is 7.84.